The lowest BCUT2D eigenvalue weighted by Gasteiger charge is -2.24. The highest BCUT2D eigenvalue weighted by Gasteiger charge is 2.13. The molecule has 0 aliphatic carbocycles. The first-order valence-corrected chi connectivity index (χ1v) is 5.44. The molecule has 0 aromatic heterocycles. The minimum Gasteiger partial charge on any atom is -0.399 e. The highest BCUT2D eigenvalue weighted by molar-refractivity contribution is 5.89. The van der Waals surface area contributed by atoms with Crippen molar-refractivity contribution >= 4 is 17.4 Å². The summed E-state index contributed by atoms with van der Waals surface area (Å²) in [5.74, 6) is 0. The number of nitrogen functional groups attached to an aromatic ring is 1. The summed E-state index contributed by atoms with van der Waals surface area (Å²) in [4.78, 5) is 13.5. The van der Waals surface area contributed by atoms with E-state index in [2.05, 4.69) is 12.2 Å². The van der Waals surface area contributed by atoms with E-state index >= 15 is 0 Å². The minimum absolute atomic E-state index is 0.111. The molecule has 0 saturated carbocycles. The van der Waals surface area contributed by atoms with E-state index in [1.165, 1.54) is 0 Å². The maximum Gasteiger partial charge on any atom is 0.321 e. The molecule has 1 atom stereocenters. The third kappa shape index (κ3) is 3.15. The van der Waals surface area contributed by atoms with Crippen molar-refractivity contribution < 1.29 is 4.79 Å². The van der Waals surface area contributed by atoms with Gasteiger partial charge in [-0.1, -0.05) is 13.0 Å². The lowest BCUT2D eigenvalue weighted by atomic mass is 10.2. The first kappa shape index (κ1) is 12.4. The molecule has 0 spiro atoms. The number of nitrogens with zero attached hydrogens (tertiary/aromatic N) is 1. The molecule has 4 heteroatoms. The van der Waals surface area contributed by atoms with Crippen LogP contribution in [-0.4, -0.2) is 24.0 Å². The summed E-state index contributed by atoms with van der Waals surface area (Å²) in [5.41, 5.74) is 7.00. The van der Waals surface area contributed by atoms with Crippen LogP contribution in [0.2, 0.25) is 0 Å². The van der Waals surface area contributed by atoms with Crippen LogP contribution in [0.15, 0.2) is 24.3 Å². The quantitative estimate of drug-likeness (QED) is 0.770. The predicted molar refractivity (Wildman–Crippen MR) is 67.4 cm³/mol. The molecule has 0 aliphatic heterocycles. The molecule has 2 amide bonds. The molecule has 1 aromatic carbocycles. The van der Waals surface area contributed by atoms with Gasteiger partial charge >= 0.3 is 6.03 Å². The molecule has 0 saturated heterocycles. The number of carbonyl (C=O) groups is 1. The Balaban J connectivity index is 2.64. The maximum absolute atomic E-state index is 11.8. The SMILES string of the molecule is CCC(C)N(C)C(=O)Nc1cccc(N)c1. The number of carbonyl (C=O) groups excluding carboxylic acids is 1. The van der Waals surface area contributed by atoms with E-state index in [1.54, 1.807) is 24.1 Å². The van der Waals surface area contributed by atoms with Gasteiger partial charge in [-0.25, -0.2) is 4.79 Å². The zero-order valence-electron chi connectivity index (χ0n) is 10.0. The van der Waals surface area contributed by atoms with E-state index in [0.29, 0.717) is 5.69 Å². The van der Waals surface area contributed by atoms with Crippen LogP contribution in [0.5, 0.6) is 0 Å². The van der Waals surface area contributed by atoms with Gasteiger partial charge in [0.2, 0.25) is 0 Å². The molecule has 4 nitrogen and oxygen atoms in total. The van der Waals surface area contributed by atoms with Crippen LogP contribution in [0.1, 0.15) is 20.3 Å². The van der Waals surface area contributed by atoms with Crippen LogP contribution in [0.4, 0.5) is 16.2 Å². The topological polar surface area (TPSA) is 58.4 Å². The Kier molecular flexibility index (Phi) is 4.17. The van der Waals surface area contributed by atoms with Gasteiger partial charge in [-0.2, -0.15) is 0 Å². The number of anilines is 2. The number of nitrogens with two attached hydrogens (primary N) is 1. The first-order valence-electron chi connectivity index (χ1n) is 5.44. The van der Waals surface area contributed by atoms with Crippen molar-refractivity contribution in [1.29, 1.82) is 0 Å². The molecule has 0 radical (unpaired) electrons. The predicted octanol–water partition coefficient (Wildman–Crippen LogP) is 2.53. The summed E-state index contributed by atoms with van der Waals surface area (Å²) < 4.78 is 0. The standard InChI is InChI=1S/C12H19N3O/c1-4-9(2)15(3)12(16)14-11-7-5-6-10(13)8-11/h5-9H,4,13H2,1-3H3,(H,14,16). The number of urea groups is 1. The molecular formula is C12H19N3O. The Labute approximate surface area is 96.4 Å². The fraction of sp³-hybridized carbons (Fsp3) is 0.417. The van der Waals surface area contributed by atoms with E-state index in [9.17, 15) is 4.79 Å². The van der Waals surface area contributed by atoms with Gasteiger partial charge in [-0.3, -0.25) is 0 Å². The largest absolute Gasteiger partial charge is 0.399 e. The maximum atomic E-state index is 11.8. The molecular weight excluding hydrogens is 202 g/mol. The Morgan fingerprint density at radius 3 is 2.81 bits per heavy atom. The van der Waals surface area contributed by atoms with Crippen molar-refractivity contribution in [3.05, 3.63) is 24.3 Å². The van der Waals surface area contributed by atoms with Gasteiger partial charge in [0.25, 0.3) is 0 Å². The van der Waals surface area contributed by atoms with Crippen molar-refractivity contribution in [3.63, 3.8) is 0 Å². The Morgan fingerprint density at radius 1 is 1.56 bits per heavy atom. The number of rotatable bonds is 3. The summed E-state index contributed by atoms with van der Waals surface area (Å²) in [6.45, 7) is 4.06. The number of hydrogen-bond acceptors (Lipinski definition) is 2. The molecule has 0 aliphatic rings. The van der Waals surface area contributed by atoms with Gasteiger partial charge in [-0.15, -0.1) is 0 Å². The molecule has 1 aromatic rings. The van der Waals surface area contributed by atoms with E-state index in [-0.39, 0.29) is 12.1 Å². The molecule has 1 rings (SSSR count). The fourth-order valence-corrected chi connectivity index (χ4v) is 1.30. The number of benzene rings is 1. The lowest BCUT2D eigenvalue weighted by molar-refractivity contribution is 0.206. The normalized spacial score (nSPS) is 11.9. The van der Waals surface area contributed by atoms with E-state index in [0.717, 1.165) is 12.1 Å². The second-order valence-electron chi connectivity index (χ2n) is 3.92. The van der Waals surface area contributed by atoms with Crippen LogP contribution in [0, 0.1) is 0 Å². The summed E-state index contributed by atoms with van der Waals surface area (Å²) in [7, 11) is 1.79. The summed E-state index contributed by atoms with van der Waals surface area (Å²) in [6.07, 6.45) is 0.931. The van der Waals surface area contributed by atoms with Crippen molar-refractivity contribution in [2.24, 2.45) is 0 Å². The van der Waals surface area contributed by atoms with Crippen molar-refractivity contribution in [1.82, 2.24) is 4.90 Å². The van der Waals surface area contributed by atoms with Crippen molar-refractivity contribution in [2.45, 2.75) is 26.3 Å². The van der Waals surface area contributed by atoms with E-state index < -0.39 is 0 Å². The molecule has 3 N–H and O–H groups in total. The Morgan fingerprint density at radius 2 is 2.25 bits per heavy atom. The summed E-state index contributed by atoms with van der Waals surface area (Å²) >= 11 is 0. The van der Waals surface area contributed by atoms with Crippen LogP contribution in [-0.2, 0) is 0 Å². The van der Waals surface area contributed by atoms with Gasteiger partial charge in [0.15, 0.2) is 0 Å². The van der Waals surface area contributed by atoms with E-state index in [1.807, 2.05) is 19.1 Å². The van der Waals surface area contributed by atoms with Crippen molar-refractivity contribution in [2.75, 3.05) is 18.1 Å². The molecule has 1 unspecified atom stereocenters. The van der Waals surface area contributed by atoms with Crippen LogP contribution in [0.3, 0.4) is 0 Å². The molecule has 0 bridgehead atoms. The molecule has 16 heavy (non-hydrogen) atoms. The zero-order chi connectivity index (χ0) is 12.1. The number of nitrogens with one attached hydrogen (secondary N) is 1. The van der Waals surface area contributed by atoms with Gasteiger partial charge in [0.05, 0.1) is 0 Å². The van der Waals surface area contributed by atoms with Crippen LogP contribution in [0.25, 0.3) is 0 Å². The third-order valence-corrected chi connectivity index (χ3v) is 2.71. The van der Waals surface area contributed by atoms with Gasteiger partial charge in [0, 0.05) is 24.5 Å². The van der Waals surface area contributed by atoms with Gasteiger partial charge < -0.3 is 16.0 Å². The molecule has 0 fully saturated rings. The Bertz CT molecular complexity index is 365. The van der Waals surface area contributed by atoms with Crippen LogP contribution < -0.4 is 11.1 Å². The second kappa shape index (κ2) is 5.39. The smallest absolute Gasteiger partial charge is 0.321 e. The monoisotopic (exact) mass is 221 g/mol. The number of hydrogen-bond donors (Lipinski definition) is 2. The molecule has 88 valence electrons. The summed E-state index contributed by atoms with van der Waals surface area (Å²) in [5, 5.41) is 2.80. The first-order chi connectivity index (χ1) is 7.54. The second-order valence-corrected chi connectivity index (χ2v) is 3.92. The van der Waals surface area contributed by atoms with Gasteiger partial charge in [0.1, 0.15) is 0 Å². The lowest BCUT2D eigenvalue weighted by Crippen LogP contribution is -2.37. The Hall–Kier alpha value is -1.71. The molecule has 0 heterocycles. The highest BCUT2D eigenvalue weighted by atomic mass is 16.2. The average molecular weight is 221 g/mol. The third-order valence-electron chi connectivity index (χ3n) is 2.71. The van der Waals surface area contributed by atoms with Crippen LogP contribution >= 0.6 is 0 Å². The van der Waals surface area contributed by atoms with E-state index in [4.69, 9.17) is 5.73 Å². The fourth-order valence-electron chi connectivity index (χ4n) is 1.30. The van der Waals surface area contributed by atoms with Gasteiger partial charge in [-0.05, 0) is 31.5 Å². The van der Waals surface area contributed by atoms with Crippen molar-refractivity contribution in [3.8, 4) is 0 Å². The average Bonchev–Trinajstić information content (AvgIpc) is 2.27. The zero-order valence-corrected chi connectivity index (χ0v) is 10.0. The minimum atomic E-state index is -0.111. The highest BCUT2D eigenvalue weighted by Crippen LogP contribution is 2.13. The number of amides is 2. The summed E-state index contributed by atoms with van der Waals surface area (Å²) in [6, 6.07) is 7.27.